The predicted octanol–water partition coefficient (Wildman–Crippen LogP) is 3.49. The third-order valence-electron chi connectivity index (χ3n) is 2.51. The molecule has 2 N–H and O–H groups in total. The number of rotatable bonds is 3. The molecule has 0 saturated heterocycles. The molecule has 1 aromatic carbocycles. The third kappa shape index (κ3) is 3.05. The summed E-state index contributed by atoms with van der Waals surface area (Å²) in [5.74, 6) is -1.19. The van der Waals surface area contributed by atoms with E-state index in [4.69, 9.17) is 10.5 Å². The van der Waals surface area contributed by atoms with E-state index in [-0.39, 0.29) is 18.0 Å². The Bertz CT molecular complexity index is 614. The molecule has 3 nitrogen and oxygen atoms in total. The van der Waals surface area contributed by atoms with Crippen LogP contribution in [0.25, 0.3) is 0 Å². The standard InChI is InChI=1S/C13H10F4N2O/c14-9-5-8(6-18)12(19-7-9)20-11-4-2-1-3-10(11)13(15,16)17/h1-5,7H,6,18H2. The molecule has 2 rings (SSSR count). The Morgan fingerprint density at radius 2 is 1.90 bits per heavy atom. The molecule has 0 fully saturated rings. The van der Waals surface area contributed by atoms with Crippen LogP contribution >= 0.6 is 0 Å². The lowest BCUT2D eigenvalue weighted by Crippen LogP contribution is -2.08. The van der Waals surface area contributed by atoms with Gasteiger partial charge in [-0.3, -0.25) is 0 Å². The summed E-state index contributed by atoms with van der Waals surface area (Å²) >= 11 is 0. The van der Waals surface area contributed by atoms with Gasteiger partial charge < -0.3 is 10.5 Å². The van der Waals surface area contributed by atoms with E-state index in [1.807, 2.05) is 0 Å². The average Bonchev–Trinajstić information content (AvgIpc) is 2.40. The summed E-state index contributed by atoms with van der Waals surface area (Å²) in [6, 6.07) is 5.77. The van der Waals surface area contributed by atoms with Gasteiger partial charge in [0.2, 0.25) is 5.88 Å². The lowest BCUT2D eigenvalue weighted by atomic mass is 10.2. The molecule has 1 aromatic heterocycles. The number of aromatic nitrogens is 1. The fourth-order valence-electron chi connectivity index (χ4n) is 1.60. The van der Waals surface area contributed by atoms with Crippen molar-refractivity contribution in [3.05, 3.63) is 53.5 Å². The monoisotopic (exact) mass is 286 g/mol. The van der Waals surface area contributed by atoms with Gasteiger partial charge in [0.05, 0.1) is 11.8 Å². The zero-order chi connectivity index (χ0) is 14.8. The zero-order valence-corrected chi connectivity index (χ0v) is 10.1. The number of benzene rings is 1. The zero-order valence-electron chi connectivity index (χ0n) is 10.1. The first-order valence-corrected chi connectivity index (χ1v) is 5.60. The highest BCUT2D eigenvalue weighted by Gasteiger charge is 2.34. The maximum absolute atomic E-state index is 13.0. The SMILES string of the molecule is NCc1cc(F)cnc1Oc1ccccc1C(F)(F)F. The molecule has 0 bridgehead atoms. The van der Waals surface area contributed by atoms with Crippen molar-refractivity contribution in [1.82, 2.24) is 4.98 Å². The van der Waals surface area contributed by atoms with Gasteiger partial charge in [-0.2, -0.15) is 13.2 Å². The highest BCUT2D eigenvalue weighted by atomic mass is 19.4. The van der Waals surface area contributed by atoms with Crippen LogP contribution in [0.4, 0.5) is 17.6 Å². The van der Waals surface area contributed by atoms with Crippen LogP contribution < -0.4 is 10.5 Å². The maximum atomic E-state index is 13.0. The van der Waals surface area contributed by atoms with E-state index in [9.17, 15) is 17.6 Å². The maximum Gasteiger partial charge on any atom is 0.419 e. The molecule has 0 spiro atoms. The van der Waals surface area contributed by atoms with E-state index in [1.54, 1.807) is 0 Å². The number of pyridine rings is 1. The van der Waals surface area contributed by atoms with Crippen molar-refractivity contribution in [3.8, 4) is 11.6 Å². The molecular formula is C13H10F4N2O. The number of alkyl halides is 3. The molecule has 7 heteroatoms. The molecule has 0 aliphatic carbocycles. The van der Waals surface area contributed by atoms with Crippen molar-refractivity contribution >= 4 is 0 Å². The molecule has 20 heavy (non-hydrogen) atoms. The number of ether oxygens (including phenoxy) is 1. The predicted molar refractivity (Wildman–Crippen MR) is 63.6 cm³/mol. The van der Waals surface area contributed by atoms with Gasteiger partial charge >= 0.3 is 6.18 Å². The fourth-order valence-corrected chi connectivity index (χ4v) is 1.60. The molecule has 0 amide bonds. The van der Waals surface area contributed by atoms with E-state index in [2.05, 4.69) is 4.98 Å². The second-order valence-electron chi connectivity index (χ2n) is 3.92. The van der Waals surface area contributed by atoms with Gasteiger partial charge in [-0.15, -0.1) is 0 Å². The minimum Gasteiger partial charge on any atom is -0.438 e. The Morgan fingerprint density at radius 3 is 2.55 bits per heavy atom. The molecular weight excluding hydrogens is 276 g/mol. The van der Waals surface area contributed by atoms with Crippen LogP contribution in [0.5, 0.6) is 11.6 Å². The van der Waals surface area contributed by atoms with Crippen LogP contribution in [0, 0.1) is 5.82 Å². The number of hydrogen-bond donors (Lipinski definition) is 1. The Hall–Kier alpha value is -2.15. The topological polar surface area (TPSA) is 48.1 Å². The van der Waals surface area contributed by atoms with Crippen molar-refractivity contribution in [2.24, 2.45) is 5.73 Å². The van der Waals surface area contributed by atoms with Crippen LogP contribution in [0.1, 0.15) is 11.1 Å². The van der Waals surface area contributed by atoms with Gasteiger partial charge in [-0.1, -0.05) is 12.1 Å². The van der Waals surface area contributed by atoms with Crippen molar-refractivity contribution in [1.29, 1.82) is 0 Å². The second-order valence-corrected chi connectivity index (χ2v) is 3.92. The normalized spacial score (nSPS) is 11.4. The molecule has 1 heterocycles. The number of para-hydroxylation sites is 1. The quantitative estimate of drug-likeness (QED) is 0.879. The smallest absolute Gasteiger partial charge is 0.419 e. The van der Waals surface area contributed by atoms with Crippen molar-refractivity contribution in [2.45, 2.75) is 12.7 Å². The third-order valence-corrected chi connectivity index (χ3v) is 2.51. The van der Waals surface area contributed by atoms with E-state index in [0.717, 1.165) is 24.4 Å². The summed E-state index contributed by atoms with van der Waals surface area (Å²) in [6.45, 7) is -0.103. The summed E-state index contributed by atoms with van der Waals surface area (Å²) in [6.07, 6.45) is -3.70. The van der Waals surface area contributed by atoms with E-state index in [1.165, 1.54) is 12.1 Å². The van der Waals surface area contributed by atoms with E-state index >= 15 is 0 Å². The molecule has 0 aliphatic rings. The highest BCUT2D eigenvalue weighted by molar-refractivity contribution is 5.39. The minimum atomic E-state index is -4.56. The first-order valence-electron chi connectivity index (χ1n) is 5.60. The van der Waals surface area contributed by atoms with Crippen LogP contribution in [0.2, 0.25) is 0 Å². The molecule has 0 unspecified atom stereocenters. The van der Waals surface area contributed by atoms with Crippen molar-refractivity contribution < 1.29 is 22.3 Å². The second kappa shape index (κ2) is 5.46. The molecule has 106 valence electrons. The van der Waals surface area contributed by atoms with Crippen LogP contribution in [0.15, 0.2) is 36.5 Å². The largest absolute Gasteiger partial charge is 0.438 e. The summed E-state index contributed by atoms with van der Waals surface area (Å²) in [7, 11) is 0. The Labute approximate surface area is 112 Å². The van der Waals surface area contributed by atoms with Crippen LogP contribution in [0.3, 0.4) is 0 Å². The van der Waals surface area contributed by atoms with Gasteiger partial charge in [0.1, 0.15) is 11.6 Å². The Kier molecular flexibility index (Phi) is 3.89. The number of nitrogens with two attached hydrogens (primary N) is 1. The lowest BCUT2D eigenvalue weighted by Gasteiger charge is -2.14. The first kappa shape index (κ1) is 14.3. The highest BCUT2D eigenvalue weighted by Crippen LogP contribution is 2.38. The van der Waals surface area contributed by atoms with Gasteiger partial charge in [0, 0.05) is 12.1 Å². The summed E-state index contributed by atoms with van der Waals surface area (Å²) in [4.78, 5) is 3.62. The average molecular weight is 286 g/mol. The van der Waals surface area contributed by atoms with Gasteiger partial charge in [-0.05, 0) is 18.2 Å². The Balaban J connectivity index is 2.41. The fraction of sp³-hybridized carbons (Fsp3) is 0.154. The molecule has 0 aliphatic heterocycles. The van der Waals surface area contributed by atoms with Crippen LogP contribution in [-0.2, 0) is 12.7 Å². The van der Waals surface area contributed by atoms with Crippen molar-refractivity contribution in [2.75, 3.05) is 0 Å². The first-order chi connectivity index (χ1) is 9.41. The Morgan fingerprint density at radius 1 is 1.20 bits per heavy atom. The van der Waals surface area contributed by atoms with E-state index < -0.39 is 23.3 Å². The van der Waals surface area contributed by atoms with Gasteiger partial charge in [0.25, 0.3) is 0 Å². The number of hydrogen-bond acceptors (Lipinski definition) is 3. The molecule has 0 radical (unpaired) electrons. The van der Waals surface area contributed by atoms with Gasteiger partial charge in [0.15, 0.2) is 0 Å². The van der Waals surface area contributed by atoms with Crippen molar-refractivity contribution in [3.63, 3.8) is 0 Å². The van der Waals surface area contributed by atoms with E-state index in [0.29, 0.717) is 0 Å². The summed E-state index contributed by atoms with van der Waals surface area (Å²) in [5.41, 5.74) is 4.63. The number of halogens is 4. The summed E-state index contributed by atoms with van der Waals surface area (Å²) in [5, 5.41) is 0. The summed E-state index contributed by atoms with van der Waals surface area (Å²) < 4.78 is 56.6. The van der Waals surface area contributed by atoms with Gasteiger partial charge in [-0.25, -0.2) is 9.37 Å². The van der Waals surface area contributed by atoms with Crippen LogP contribution in [-0.4, -0.2) is 4.98 Å². The molecule has 0 atom stereocenters. The minimum absolute atomic E-state index is 0.103. The molecule has 0 saturated carbocycles. The lowest BCUT2D eigenvalue weighted by molar-refractivity contribution is -0.138. The number of nitrogens with zero attached hydrogens (tertiary/aromatic N) is 1. The molecule has 2 aromatic rings.